The van der Waals surface area contributed by atoms with Crippen molar-refractivity contribution < 1.29 is 0 Å². The van der Waals surface area contributed by atoms with Gasteiger partial charge in [0.25, 0.3) is 0 Å². The van der Waals surface area contributed by atoms with Crippen LogP contribution in [-0.4, -0.2) is 0 Å². The molecule has 0 amide bonds. The highest BCUT2D eigenvalue weighted by atomic mass is 32.1. The number of nitrogens with zero attached hydrogens (tertiary/aromatic N) is 1. The summed E-state index contributed by atoms with van der Waals surface area (Å²) in [5.41, 5.74) is 15.8. The summed E-state index contributed by atoms with van der Waals surface area (Å²) in [7, 11) is 0. The van der Waals surface area contributed by atoms with Gasteiger partial charge in [0, 0.05) is 42.5 Å². The zero-order valence-corrected chi connectivity index (χ0v) is 34.9. The number of thiophene rings is 1. The Kier molecular flexibility index (Phi) is 8.13. The molecule has 1 nitrogen and oxygen atoms in total. The summed E-state index contributed by atoms with van der Waals surface area (Å²) < 4.78 is 2.59. The highest BCUT2D eigenvalue weighted by Crippen LogP contribution is 2.53. The topological polar surface area (TPSA) is 3.24 Å². The average Bonchev–Trinajstić information content (AvgIpc) is 3.80. The van der Waals surface area contributed by atoms with Gasteiger partial charge in [-0.1, -0.05) is 184 Å². The third-order valence-corrected chi connectivity index (χ3v) is 14.2. The van der Waals surface area contributed by atoms with E-state index in [0.717, 1.165) is 17.1 Å². The lowest BCUT2D eigenvalue weighted by Crippen LogP contribution is -2.17. The second-order valence-electron chi connectivity index (χ2n) is 16.8. The van der Waals surface area contributed by atoms with Crippen LogP contribution < -0.4 is 4.90 Å². The molecule has 0 atom stereocenters. The quantitative estimate of drug-likeness (QED) is 0.152. The Bertz CT molecular complexity index is 3500. The van der Waals surface area contributed by atoms with Crippen LogP contribution >= 0.6 is 11.3 Å². The predicted molar refractivity (Wildman–Crippen MR) is 263 cm³/mol. The Hall–Kier alpha value is -7.26. The van der Waals surface area contributed by atoms with E-state index in [1.807, 2.05) is 11.3 Å². The molecule has 0 spiro atoms. The molecule has 0 radical (unpaired) electrons. The maximum atomic E-state index is 2.52. The van der Waals surface area contributed by atoms with E-state index < -0.39 is 0 Å². The van der Waals surface area contributed by atoms with Gasteiger partial charge in [-0.05, 0) is 114 Å². The van der Waals surface area contributed by atoms with Crippen molar-refractivity contribution in [2.24, 2.45) is 0 Å². The normalized spacial score (nSPS) is 12.9. The van der Waals surface area contributed by atoms with Gasteiger partial charge in [0.2, 0.25) is 0 Å². The Morgan fingerprint density at radius 2 is 0.967 bits per heavy atom. The molecule has 1 aromatic heterocycles. The first-order chi connectivity index (χ1) is 30.0. The molecule has 0 aliphatic heterocycles. The number of benzene rings is 10. The molecular formula is C59H41NS. The fourth-order valence-electron chi connectivity index (χ4n) is 10.1. The molecule has 0 saturated heterocycles. The van der Waals surface area contributed by atoms with E-state index in [2.05, 4.69) is 231 Å². The Morgan fingerprint density at radius 3 is 1.82 bits per heavy atom. The Labute approximate surface area is 360 Å². The van der Waals surface area contributed by atoms with Gasteiger partial charge in [0.05, 0.1) is 5.69 Å². The summed E-state index contributed by atoms with van der Waals surface area (Å²) in [5, 5.41) is 7.62. The van der Waals surface area contributed by atoms with E-state index in [1.165, 1.54) is 97.4 Å². The van der Waals surface area contributed by atoms with Crippen LogP contribution in [0.25, 0.3) is 86.2 Å². The van der Waals surface area contributed by atoms with Gasteiger partial charge >= 0.3 is 0 Å². The minimum Gasteiger partial charge on any atom is -0.310 e. The SMILES string of the molecule is CC1(C)c2ccccc2-c2ccc(N(c3ccc4c(c3)sc3ccccc34)c3cccc(-c4cc5ccccc5c5ccccc45)c3-c3ccc(-c4ccccc4)cc3)cc21. The highest BCUT2D eigenvalue weighted by Gasteiger charge is 2.36. The summed E-state index contributed by atoms with van der Waals surface area (Å²) in [6.07, 6.45) is 0. The standard InChI is InChI=1S/C59H41NS/c1-59(2)53-24-12-10-21-47(53)48-33-31-42(36-54(48)59)60(43-32-34-50-49-22-11-13-26-56(49)61-57(50)37-43)55-25-14-23-51(58(55)40-29-27-39(28-30-40)38-15-4-3-5-16-38)52-35-41-17-6-7-18-44(41)45-19-8-9-20-46(45)52/h3-37H,1-2H3. The molecular weight excluding hydrogens is 755 g/mol. The van der Waals surface area contributed by atoms with Crippen LogP contribution in [0.1, 0.15) is 25.0 Å². The number of hydrogen-bond donors (Lipinski definition) is 0. The molecule has 2 heteroatoms. The number of hydrogen-bond acceptors (Lipinski definition) is 2. The summed E-state index contributed by atoms with van der Waals surface area (Å²) in [6, 6.07) is 78.9. The van der Waals surface area contributed by atoms with E-state index in [0.29, 0.717) is 0 Å². The first kappa shape index (κ1) is 35.7. The lowest BCUT2D eigenvalue weighted by molar-refractivity contribution is 0.660. The van der Waals surface area contributed by atoms with Crippen molar-refractivity contribution in [1.29, 1.82) is 0 Å². The monoisotopic (exact) mass is 795 g/mol. The smallest absolute Gasteiger partial charge is 0.0546 e. The molecule has 61 heavy (non-hydrogen) atoms. The highest BCUT2D eigenvalue weighted by molar-refractivity contribution is 7.25. The minimum atomic E-state index is -0.148. The van der Waals surface area contributed by atoms with Gasteiger partial charge in [0.15, 0.2) is 0 Å². The molecule has 10 aromatic carbocycles. The molecule has 0 saturated carbocycles. The number of anilines is 3. The third-order valence-electron chi connectivity index (χ3n) is 13.1. The van der Waals surface area contributed by atoms with Crippen molar-refractivity contribution >= 4 is 70.1 Å². The van der Waals surface area contributed by atoms with Gasteiger partial charge in [-0.15, -0.1) is 11.3 Å². The largest absolute Gasteiger partial charge is 0.310 e. The fourth-order valence-corrected chi connectivity index (χ4v) is 11.2. The van der Waals surface area contributed by atoms with Gasteiger partial charge < -0.3 is 4.90 Å². The second-order valence-corrected chi connectivity index (χ2v) is 17.9. The van der Waals surface area contributed by atoms with Gasteiger partial charge in [-0.2, -0.15) is 0 Å². The van der Waals surface area contributed by atoms with Crippen LogP contribution in [0.2, 0.25) is 0 Å². The van der Waals surface area contributed by atoms with Gasteiger partial charge in [0.1, 0.15) is 0 Å². The molecule has 288 valence electrons. The molecule has 12 rings (SSSR count). The second kappa shape index (κ2) is 13.9. The Morgan fingerprint density at radius 1 is 0.361 bits per heavy atom. The van der Waals surface area contributed by atoms with Crippen LogP contribution in [0, 0.1) is 0 Å². The first-order valence-electron chi connectivity index (χ1n) is 21.2. The molecule has 0 bridgehead atoms. The lowest BCUT2D eigenvalue weighted by Gasteiger charge is -2.31. The van der Waals surface area contributed by atoms with Crippen LogP contribution in [-0.2, 0) is 5.41 Å². The molecule has 1 heterocycles. The average molecular weight is 796 g/mol. The lowest BCUT2D eigenvalue weighted by atomic mass is 9.82. The summed E-state index contributed by atoms with van der Waals surface area (Å²) >= 11 is 1.87. The van der Waals surface area contributed by atoms with E-state index in [4.69, 9.17) is 0 Å². The number of fused-ring (bicyclic) bond motifs is 9. The third kappa shape index (κ3) is 5.67. The van der Waals surface area contributed by atoms with Crippen molar-refractivity contribution in [3.05, 3.63) is 223 Å². The van der Waals surface area contributed by atoms with Crippen molar-refractivity contribution in [3.63, 3.8) is 0 Å². The number of rotatable bonds is 6. The van der Waals surface area contributed by atoms with Crippen LogP contribution in [0.15, 0.2) is 212 Å². The zero-order chi connectivity index (χ0) is 40.7. The minimum absolute atomic E-state index is 0.148. The van der Waals surface area contributed by atoms with E-state index in [-0.39, 0.29) is 5.41 Å². The van der Waals surface area contributed by atoms with Crippen LogP contribution in [0.4, 0.5) is 17.1 Å². The summed E-state index contributed by atoms with van der Waals surface area (Å²) in [5.74, 6) is 0. The van der Waals surface area contributed by atoms with Gasteiger partial charge in [-0.25, -0.2) is 0 Å². The van der Waals surface area contributed by atoms with Crippen molar-refractivity contribution in [2.75, 3.05) is 4.90 Å². The zero-order valence-electron chi connectivity index (χ0n) is 34.1. The molecule has 1 aliphatic carbocycles. The van der Waals surface area contributed by atoms with Crippen molar-refractivity contribution in [1.82, 2.24) is 0 Å². The van der Waals surface area contributed by atoms with Crippen LogP contribution in [0.3, 0.4) is 0 Å². The maximum absolute atomic E-state index is 2.52. The fraction of sp³-hybridized carbons (Fsp3) is 0.0508. The van der Waals surface area contributed by atoms with E-state index in [9.17, 15) is 0 Å². The van der Waals surface area contributed by atoms with Gasteiger partial charge in [-0.3, -0.25) is 0 Å². The van der Waals surface area contributed by atoms with E-state index in [1.54, 1.807) is 0 Å². The molecule has 1 aliphatic rings. The predicted octanol–water partition coefficient (Wildman–Crippen LogP) is 17.1. The summed E-state index contributed by atoms with van der Waals surface area (Å²) in [6.45, 7) is 4.75. The Balaban J connectivity index is 1.15. The maximum Gasteiger partial charge on any atom is 0.0546 e. The molecule has 11 aromatic rings. The molecule has 0 unspecified atom stereocenters. The molecule has 0 fully saturated rings. The summed E-state index contributed by atoms with van der Waals surface area (Å²) in [4.78, 5) is 2.52. The van der Waals surface area contributed by atoms with Crippen LogP contribution in [0.5, 0.6) is 0 Å². The first-order valence-corrected chi connectivity index (χ1v) is 22.0. The van der Waals surface area contributed by atoms with E-state index >= 15 is 0 Å². The molecule has 0 N–H and O–H groups in total. The van der Waals surface area contributed by atoms with Crippen molar-refractivity contribution in [2.45, 2.75) is 19.3 Å². The van der Waals surface area contributed by atoms with Crippen molar-refractivity contribution in [3.8, 4) is 44.5 Å².